The summed E-state index contributed by atoms with van der Waals surface area (Å²) in [6.07, 6.45) is 0. The van der Waals surface area contributed by atoms with E-state index in [4.69, 9.17) is 4.74 Å². The van der Waals surface area contributed by atoms with Crippen molar-refractivity contribution in [3.63, 3.8) is 0 Å². The number of hydrogen-bond donors (Lipinski definition) is 1. The van der Waals surface area contributed by atoms with Crippen LogP contribution < -0.4 is 4.74 Å². The summed E-state index contributed by atoms with van der Waals surface area (Å²) in [5.74, 6) is -0.642. The molecule has 92 valence electrons. The molecule has 0 spiro atoms. The van der Waals surface area contributed by atoms with Crippen molar-refractivity contribution in [1.82, 2.24) is 0 Å². The van der Waals surface area contributed by atoms with Crippen LogP contribution in [0.2, 0.25) is 0 Å². The molecule has 0 aliphatic carbocycles. The molecule has 1 aromatic carbocycles. The van der Waals surface area contributed by atoms with E-state index in [1.165, 1.54) is 0 Å². The Morgan fingerprint density at radius 3 is 2.41 bits per heavy atom. The average molecular weight is 234 g/mol. The highest BCUT2D eigenvalue weighted by molar-refractivity contribution is 5.81. The first-order valence-electron chi connectivity index (χ1n) is 5.78. The Balaban J connectivity index is 2.73. The quantitative estimate of drug-likeness (QED) is 0.812. The lowest BCUT2D eigenvalue weighted by atomic mass is 9.83. The highest BCUT2D eigenvalue weighted by atomic mass is 16.5. The highest BCUT2D eigenvalue weighted by Gasteiger charge is 2.47. The maximum atomic E-state index is 11.4. The average Bonchev–Trinajstić information content (AvgIpc) is 2.47. The second-order valence-electron chi connectivity index (χ2n) is 5.35. The third kappa shape index (κ3) is 1.61. The van der Waals surface area contributed by atoms with Gasteiger partial charge in [0.15, 0.2) is 0 Å². The third-order valence-corrected chi connectivity index (χ3v) is 3.63. The number of carboxylic acids is 1. The molecular formula is C14H18O3. The van der Waals surface area contributed by atoms with Crippen molar-refractivity contribution in [2.24, 2.45) is 0 Å². The van der Waals surface area contributed by atoms with Gasteiger partial charge in [-0.2, -0.15) is 0 Å². The summed E-state index contributed by atoms with van der Waals surface area (Å²) in [5.41, 5.74) is 3.34. The number of carboxylic acid groups (broad SMARTS) is 1. The topological polar surface area (TPSA) is 46.5 Å². The molecule has 0 fully saturated rings. The summed E-state index contributed by atoms with van der Waals surface area (Å²) in [5, 5.41) is 9.40. The van der Waals surface area contributed by atoms with Crippen molar-refractivity contribution >= 4 is 5.97 Å². The van der Waals surface area contributed by atoms with Crippen LogP contribution in [-0.4, -0.2) is 16.7 Å². The molecule has 3 nitrogen and oxygen atoms in total. The van der Waals surface area contributed by atoms with Gasteiger partial charge in [0.1, 0.15) is 17.3 Å². The molecule has 0 aromatic heterocycles. The van der Waals surface area contributed by atoms with Crippen molar-refractivity contribution in [2.75, 3.05) is 0 Å². The molecule has 17 heavy (non-hydrogen) atoms. The van der Waals surface area contributed by atoms with Crippen LogP contribution in [0, 0.1) is 20.8 Å². The largest absolute Gasteiger partial charge is 0.486 e. The molecule has 1 N–H and O–H groups in total. The molecule has 1 aliphatic rings. The van der Waals surface area contributed by atoms with E-state index in [2.05, 4.69) is 0 Å². The van der Waals surface area contributed by atoms with E-state index in [1.54, 1.807) is 0 Å². The molecule has 3 heteroatoms. The van der Waals surface area contributed by atoms with E-state index in [0.717, 1.165) is 28.0 Å². The molecule has 1 aliphatic heterocycles. The van der Waals surface area contributed by atoms with Gasteiger partial charge >= 0.3 is 5.97 Å². The van der Waals surface area contributed by atoms with Crippen LogP contribution in [0.4, 0.5) is 0 Å². The highest BCUT2D eigenvalue weighted by Crippen LogP contribution is 2.48. The molecule has 1 atom stereocenters. The van der Waals surface area contributed by atoms with Gasteiger partial charge in [-0.3, -0.25) is 4.79 Å². The lowest BCUT2D eigenvalue weighted by Crippen LogP contribution is -2.35. The van der Waals surface area contributed by atoms with Crippen LogP contribution in [0.1, 0.15) is 42.0 Å². The zero-order chi connectivity index (χ0) is 13.0. The Morgan fingerprint density at radius 1 is 1.29 bits per heavy atom. The van der Waals surface area contributed by atoms with Gasteiger partial charge in [-0.15, -0.1) is 0 Å². The fourth-order valence-electron chi connectivity index (χ4n) is 2.65. The van der Waals surface area contributed by atoms with Crippen LogP contribution in [0.5, 0.6) is 5.75 Å². The van der Waals surface area contributed by atoms with Crippen LogP contribution in [0.3, 0.4) is 0 Å². The van der Waals surface area contributed by atoms with Gasteiger partial charge in [0.25, 0.3) is 0 Å². The molecule has 1 heterocycles. The van der Waals surface area contributed by atoms with Crippen molar-refractivity contribution in [2.45, 2.75) is 46.1 Å². The monoisotopic (exact) mass is 234 g/mol. The van der Waals surface area contributed by atoms with Crippen LogP contribution in [-0.2, 0) is 4.79 Å². The number of rotatable bonds is 1. The zero-order valence-corrected chi connectivity index (χ0v) is 10.9. The maximum Gasteiger partial charge on any atom is 0.315 e. The van der Waals surface area contributed by atoms with Gasteiger partial charge < -0.3 is 9.84 Å². The Morgan fingerprint density at radius 2 is 1.88 bits per heavy atom. The predicted octanol–water partition coefficient (Wildman–Crippen LogP) is 2.95. The minimum absolute atomic E-state index is 0.586. The molecule has 0 amide bonds. The third-order valence-electron chi connectivity index (χ3n) is 3.63. The Labute approximate surface area is 101 Å². The number of hydrogen-bond acceptors (Lipinski definition) is 2. The maximum absolute atomic E-state index is 11.4. The molecule has 1 aromatic rings. The number of aliphatic carboxylic acids is 1. The standard InChI is InChI=1S/C14H18O3/c1-7-6-8(2)10-11(13(15)16)14(4,5)17-12(10)9(7)3/h6,11H,1-5H3,(H,15,16). The van der Waals surface area contributed by atoms with Crippen LogP contribution in [0.25, 0.3) is 0 Å². The predicted molar refractivity (Wildman–Crippen MR) is 65.7 cm³/mol. The molecule has 0 saturated carbocycles. The minimum atomic E-state index is -0.819. The van der Waals surface area contributed by atoms with E-state index in [1.807, 2.05) is 40.7 Å². The van der Waals surface area contributed by atoms with Gasteiger partial charge in [-0.05, 0) is 51.3 Å². The smallest absolute Gasteiger partial charge is 0.315 e. The van der Waals surface area contributed by atoms with Gasteiger partial charge in [0, 0.05) is 5.56 Å². The van der Waals surface area contributed by atoms with Gasteiger partial charge in [-0.25, -0.2) is 0 Å². The normalized spacial score (nSPS) is 20.9. The lowest BCUT2D eigenvalue weighted by Gasteiger charge is -2.23. The Hall–Kier alpha value is -1.51. The van der Waals surface area contributed by atoms with Crippen LogP contribution >= 0.6 is 0 Å². The van der Waals surface area contributed by atoms with E-state index < -0.39 is 17.5 Å². The van der Waals surface area contributed by atoms with E-state index in [9.17, 15) is 9.90 Å². The lowest BCUT2D eigenvalue weighted by molar-refractivity contribution is -0.142. The van der Waals surface area contributed by atoms with Crippen molar-refractivity contribution in [3.8, 4) is 5.75 Å². The summed E-state index contributed by atoms with van der Waals surface area (Å²) in [4.78, 5) is 11.4. The van der Waals surface area contributed by atoms with Gasteiger partial charge in [0.2, 0.25) is 0 Å². The summed E-state index contributed by atoms with van der Waals surface area (Å²) in [6.45, 7) is 9.62. The number of benzene rings is 1. The summed E-state index contributed by atoms with van der Waals surface area (Å²) < 4.78 is 5.88. The fraction of sp³-hybridized carbons (Fsp3) is 0.500. The van der Waals surface area contributed by atoms with E-state index in [-0.39, 0.29) is 0 Å². The minimum Gasteiger partial charge on any atom is -0.486 e. The van der Waals surface area contributed by atoms with Crippen molar-refractivity contribution in [1.29, 1.82) is 0 Å². The fourth-order valence-corrected chi connectivity index (χ4v) is 2.65. The molecule has 0 saturated heterocycles. The molecule has 1 unspecified atom stereocenters. The first-order chi connectivity index (χ1) is 7.75. The van der Waals surface area contributed by atoms with Gasteiger partial charge in [0.05, 0.1) is 0 Å². The molecule has 0 radical (unpaired) electrons. The SMILES string of the molecule is Cc1cc(C)c2c(c1C)OC(C)(C)C2C(=O)O. The molecule has 0 bridgehead atoms. The first kappa shape index (κ1) is 12.0. The second-order valence-corrected chi connectivity index (χ2v) is 5.35. The number of carbonyl (C=O) groups is 1. The number of aryl methyl sites for hydroxylation is 2. The molecule has 2 rings (SSSR count). The number of fused-ring (bicyclic) bond motifs is 1. The number of ether oxygens (including phenoxy) is 1. The Kier molecular flexibility index (Phi) is 2.45. The first-order valence-corrected chi connectivity index (χ1v) is 5.78. The summed E-state index contributed by atoms with van der Waals surface area (Å²) in [7, 11) is 0. The van der Waals surface area contributed by atoms with E-state index in [0.29, 0.717) is 0 Å². The van der Waals surface area contributed by atoms with Gasteiger partial charge in [-0.1, -0.05) is 6.07 Å². The van der Waals surface area contributed by atoms with Crippen molar-refractivity contribution in [3.05, 3.63) is 28.3 Å². The summed E-state index contributed by atoms with van der Waals surface area (Å²) in [6, 6.07) is 2.04. The van der Waals surface area contributed by atoms with Crippen molar-refractivity contribution < 1.29 is 14.6 Å². The molecular weight excluding hydrogens is 216 g/mol. The van der Waals surface area contributed by atoms with Crippen LogP contribution in [0.15, 0.2) is 6.07 Å². The second kappa shape index (κ2) is 3.49. The zero-order valence-electron chi connectivity index (χ0n) is 10.9. The summed E-state index contributed by atoms with van der Waals surface area (Å²) >= 11 is 0. The Bertz CT molecular complexity index is 501. The van der Waals surface area contributed by atoms with E-state index >= 15 is 0 Å².